The Morgan fingerprint density at radius 1 is 1.28 bits per heavy atom. The average Bonchev–Trinajstić information content (AvgIpc) is 2.67. The van der Waals surface area contributed by atoms with Crippen LogP contribution in [-0.2, 0) is 0 Å². The molecule has 3 heteroatoms. The van der Waals surface area contributed by atoms with Gasteiger partial charge in [-0.05, 0) is 51.9 Å². The van der Waals surface area contributed by atoms with Crippen molar-refractivity contribution >= 4 is 11.3 Å². The van der Waals surface area contributed by atoms with Gasteiger partial charge in [0.2, 0.25) is 0 Å². The lowest BCUT2D eigenvalue weighted by Crippen LogP contribution is -2.33. The predicted octanol–water partition coefficient (Wildman–Crippen LogP) is 3.75. The van der Waals surface area contributed by atoms with Gasteiger partial charge in [-0.2, -0.15) is 0 Å². The first kappa shape index (κ1) is 15.7. The SMILES string of the molecule is CCCN(CC)CCNC(C)c1cc(C)sc1C. The Labute approximate surface area is 116 Å². The van der Waals surface area contributed by atoms with Gasteiger partial charge >= 0.3 is 0 Å². The zero-order valence-corrected chi connectivity index (χ0v) is 13.4. The maximum Gasteiger partial charge on any atom is 0.0303 e. The standard InChI is InChI=1S/C15H28N2S/c1-6-9-17(7-2)10-8-16-13(4)15-11-12(3)18-14(15)5/h11,13,16H,6-10H2,1-5H3. The third-order valence-electron chi connectivity index (χ3n) is 3.41. The van der Waals surface area contributed by atoms with Gasteiger partial charge in [0.05, 0.1) is 0 Å². The van der Waals surface area contributed by atoms with Crippen molar-refractivity contribution in [3.05, 3.63) is 21.4 Å². The van der Waals surface area contributed by atoms with Gasteiger partial charge in [0.25, 0.3) is 0 Å². The lowest BCUT2D eigenvalue weighted by molar-refractivity contribution is 0.284. The van der Waals surface area contributed by atoms with Crippen LogP contribution < -0.4 is 5.32 Å². The fraction of sp³-hybridized carbons (Fsp3) is 0.733. The molecule has 1 aromatic rings. The van der Waals surface area contributed by atoms with Crippen molar-refractivity contribution in [1.82, 2.24) is 10.2 Å². The Morgan fingerprint density at radius 3 is 2.50 bits per heavy atom. The second-order valence-corrected chi connectivity index (χ2v) is 6.44. The van der Waals surface area contributed by atoms with Crippen LogP contribution in [0.3, 0.4) is 0 Å². The number of likely N-dealkylation sites (N-methyl/N-ethyl adjacent to an activating group) is 1. The second-order valence-electron chi connectivity index (χ2n) is 4.98. The van der Waals surface area contributed by atoms with E-state index in [0.717, 1.165) is 19.6 Å². The second kappa shape index (κ2) is 7.93. The minimum Gasteiger partial charge on any atom is -0.309 e. The number of rotatable bonds is 8. The summed E-state index contributed by atoms with van der Waals surface area (Å²) in [5.41, 5.74) is 1.47. The zero-order chi connectivity index (χ0) is 13.5. The molecule has 0 aliphatic rings. The van der Waals surface area contributed by atoms with E-state index in [0.29, 0.717) is 6.04 Å². The molecule has 104 valence electrons. The van der Waals surface area contributed by atoms with Gasteiger partial charge in [0.1, 0.15) is 0 Å². The van der Waals surface area contributed by atoms with Gasteiger partial charge in [-0.15, -0.1) is 11.3 Å². The molecule has 0 spiro atoms. The van der Waals surface area contributed by atoms with E-state index in [4.69, 9.17) is 0 Å². The minimum atomic E-state index is 0.468. The van der Waals surface area contributed by atoms with Crippen LogP contribution >= 0.6 is 11.3 Å². The maximum absolute atomic E-state index is 3.64. The first-order chi connectivity index (χ1) is 8.58. The lowest BCUT2D eigenvalue weighted by Gasteiger charge is -2.21. The fourth-order valence-electron chi connectivity index (χ4n) is 2.37. The number of aryl methyl sites for hydroxylation is 2. The topological polar surface area (TPSA) is 15.3 Å². The molecule has 0 amide bonds. The first-order valence-corrected chi connectivity index (χ1v) is 7.92. The molecule has 0 saturated heterocycles. The highest BCUT2D eigenvalue weighted by atomic mass is 32.1. The highest BCUT2D eigenvalue weighted by Gasteiger charge is 2.10. The Morgan fingerprint density at radius 2 is 2.00 bits per heavy atom. The highest BCUT2D eigenvalue weighted by molar-refractivity contribution is 7.12. The summed E-state index contributed by atoms with van der Waals surface area (Å²) >= 11 is 1.90. The molecule has 1 heterocycles. The molecular formula is C15H28N2S. The lowest BCUT2D eigenvalue weighted by atomic mass is 10.1. The largest absolute Gasteiger partial charge is 0.309 e. The molecule has 1 rings (SSSR count). The molecule has 0 aliphatic carbocycles. The third kappa shape index (κ3) is 4.71. The highest BCUT2D eigenvalue weighted by Crippen LogP contribution is 2.25. The summed E-state index contributed by atoms with van der Waals surface area (Å²) in [7, 11) is 0. The van der Waals surface area contributed by atoms with E-state index >= 15 is 0 Å². The Kier molecular flexibility index (Phi) is 6.90. The van der Waals surface area contributed by atoms with Crippen molar-refractivity contribution in [2.45, 2.75) is 47.1 Å². The molecule has 1 atom stereocenters. The van der Waals surface area contributed by atoms with E-state index in [-0.39, 0.29) is 0 Å². The third-order valence-corrected chi connectivity index (χ3v) is 4.39. The van der Waals surface area contributed by atoms with Crippen LogP contribution in [0.1, 0.15) is 48.6 Å². The maximum atomic E-state index is 3.64. The van der Waals surface area contributed by atoms with Crippen LogP contribution in [0.25, 0.3) is 0 Å². The molecule has 0 saturated carbocycles. The number of hydrogen-bond donors (Lipinski definition) is 1. The smallest absolute Gasteiger partial charge is 0.0303 e. The monoisotopic (exact) mass is 268 g/mol. The normalized spacial score (nSPS) is 13.2. The molecular weight excluding hydrogens is 240 g/mol. The summed E-state index contributed by atoms with van der Waals surface area (Å²) in [6, 6.07) is 2.79. The number of thiophene rings is 1. The molecule has 2 nitrogen and oxygen atoms in total. The van der Waals surface area contributed by atoms with Crippen LogP contribution in [0.5, 0.6) is 0 Å². The predicted molar refractivity (Wildman–Crippen MR) is 82.6 cm³/mol. The van der Waals surface area contributed by atoms with Crippen molar-refractivity contribution in [2.24, 2.45) is 0 Å². The van der Waals surface area contributed by atoms with E-state index in [2.05, 4.69) is 50.9 Å². The van der Waals surface area contributed by atoms with Gasteiger partial charge in [-0.3, -0.25) is 0 Å². The molecule has 0 fully saturated rings. The molecule has 1 aromatic heterocycles. The summed E-state index contributed by atoms with van der Waals surface area (Å²) in [4.78, 5) is 5.37. The van der Waals surface area contributed by atoms with Gasteiger partial charge in [-0.1, -0.05) is 13.8 Å². The first-order valence-electron chi connectivity index (χ1n) is 7.11. The van der Waals surface area contributed by atoms with Crippen LogP contribution in [0.4, 0.5) is 0 Å². The van der Waals surface area contributed by atoms with Crippen molar-refractivity contribution < 1.29 is 0 Å². The Hall–Kier alpha value is -0.380. The van der Waals surface area contributed by atoms with E-state index in [9.17, 15) is 0 Å². The number of hydrogen-bond acceptors (Lipinski definition) is 3. The van der Waals surface area contributed by atoms with Crippen LogP contribution in [0.2, 0.25) is 0 Å². The van der Waals surface area contributed by atoms with E-state index in [1.54, 1.807) is 0 Å². The van der Waals surface area contributed by atoms with E-state index in [1.807, 2.05) is 11.3 Å². The average molecular weight is 268 g/mol. The zero-order valence-electron chi connectivity index (χ0n) is 12.5. The molecule has 0 radical (unpaired) electrons. The summed E-state index contributed by atoms with van der Waals surface area (Å²) in [5, 5.41) is 3.64. The van der Waals surface area contributed by atoms with Crippen LogP contribution in [0, 0.1) is 13.8 Å². The Bertz CT molecular complexity index is 346. The number of nitrogens with zero attached hydrogens (tertiary/aromatic N) is 1. The minimum absolute atomic E-state index is 0.468. The molecule has 0 aromatic carbocycles. The summed E-state index contributed by atoms with van der Waals surface area (Å²) in [5.74, 6) is 0. The molecule has 0 aliphatic heterocycles. The van der Waals surface area contributed by atoms with E-state index in [1.165, 1.54) is 28.3 Å². The summed E-state index contributed by atoms with van der Waals surface area (Å²) in [6.45, 7) is 15.8. The van der Waals surface area contributed by atoms with Crippen LogP contribution in [-0.4, -0.2) is 31.1 Å². The molecule has 0 bridgehead atoms. The summed E-state index contributed by atoms with van der Waals surface area (Å²) < 4.78 is 0. The fourth-order valence-corrected chi connectivity index (χ4v) is 3.40. The van der Waals surface area contributed by atoms with Gasteiger partial charge < -0.3 is 10.2 Å². The van der Waals surface area contributed by atoms with Crippen molar-refractivity contribution in [3.63, 3.8) is 0 Å². The van der Waals surface area contributed by atoms with Crippen molar-refractivity contribution in [2.75, 3.05) is 26.2 Å². The Balaban J connectivity index is 2.37. The molecule has 1 N–H and O–H groups in total. The van der Waals surface area contributed by atoms with Gasteiger partial charge in [0.15, 0.2) is 0 Å². The van der Waals surface area contributed by atoms with Crippen LogP contribution in [0.15, 0.2) is 6.07 Å². The molecule has 18 heavy (non-hydrogen) atoms. The van der Waals surface area contributed by atoms with Gasteiger partial charge in [0, 0.05) is 28.9 Å². The van der Waals surface area contributed by atoms with E-state index < -0.39 is 0 Å². The van der Waals surface area contributed by atoms with Crippen molar-refractivity contribution in [1.29, 1.82) is 0 Å². The number of nitrogens with one attached hydrogen (secondary N) is 1. The van der Waals surface area contributed by atoms with Crippen molar-refractivity contribution in [3.8, 4) is 0 Å². The molecule has 1 unspecified atom stereocenters. The summed E-state index contributed by atoms with van der Waals surface area (Å²) in [6.07, 6.45) is 1.24. The van der Waals surface area contributed by atoms with Gasteiger partial charge in [-0.25, -0.2) is 0 Å². The quantitative estimate of drug-likeness (QED) is 0.772.